The van der Waals surface area contributed by atoms with Gasteiger partial charge in [-0.2, -0.15) is 0 Å². The van der Waals surface area contributed by atoms with E-state index in [9.17, 15) is 9.90 Å². The van der Waals surface area contributed by atoms with Gasteiger partial charge in [0.25, 0.3) is 0 Å². The fourth-order valence-corrected chi connectivity index (χ4v) is 3.46. The summed E-state index contributed by atoms with van der Waals surface area (Å²) in [5, 5.41) is 13.5. The normalized spacial score (nSPS) is 23.7. The summed E-state index contributed by atoms with van der Waals surface area (Å²) in [7, 11) is 0. The first-order valence-corrected chi connectivity index (χ1v) is 8.61. The first-order chi connectivity index (χ1) is 11.2. The van der Waals surface area contributed by atoms with Crippen molar-refractivity contribution in [2.45, 2.75) is 37.9 Å². The molecule has 2 unspecified atom stereocenters. The number of carbonyl (C=O) groups is 1. The third kappa shape index (κ3) is 4.24. The van der Waals surface area contributed by atoms with E-state index in [1.165, 1.54) is 0 Å². The van der Waals surface area contributed by atoms with E-state index in [-0.39, 0.29) is 18.1 Å². The number of benzene rings is 1. The fraction of sp³-hybridized carbons (Fsp3) is 0.611. The van der Waals surface area contributed by atoms with Crippen LogP contribution < -0.4 is 5.32 Å². The van der Waals surface area contributed by atoms with Gasteiger partial charge in [-0.05, 0) is 37.2 Å². The molecular weight excluding hydrogens is 292 g/mol. The smallest absolute Gasteiger partial charge is 0.317 e. The van der Waals surface area contributed by atoms with E-state index in [2.05, 4.69) is 5.32 Å². The van der Waals surface area contributed by atoms with E-state index in [0.29, 0.717) is 19.6 Å². The van der Waals surface area contributed by atoms with Crippen molar-refractivity contribution in [3.8, 4) is 0 Å². The number of piperidine rings is 1. The number of likely N-dealkylation sites (tertiary alicyclic amines) is 1. The Morgan fingerprint density at radius 3 is 2.65 bits per heavy atom. The number of hydrogen-bond donors (Lipinski definition) is 2. The Labute approximate surface area is 137 Å². The van der Waals surface area contributed by atoms with Crippen LogP contribution in [-0.2, 0) is 4.74 Å². The SMILES string of the molecule is O=C(NCC1CCCO1)N1CCC(C(O)c2ccccc2)CC1. The quantitative estimate of drug-likeness (QED) is 0.895. The maximum Gasteiger partial charge on any atom is 0.317 e. The monoisotopic (exact) mass is 318 g/mol. The minimum absolute atomic E-state index is 0.00634. The number of ether oxygens (including phenoxy) is 1. The van der Waals surface area contributed by atoms with Crippen LogP contribution in [0.5, 0.6) is 0 Å². The van der Waals surface area contributed by atoms with Gasteiger partial charge in [-0.25, -0.2) is 4.79 Å². The van der Waals surface area contributed by atoms with Crippen LogP contribution in [0.2, 0.25) is 0 Å². The lowest BCUT2D eigenvalue weighted by Gasteiger charge is -2.34. The van der Waals surface area contributed by atoms with Crippen molar-refractivity contribution in [2.24, 2.45) is 5.92 Å². The Bertz CT molecular complexity index is 494. The van der Waals surface area contributed by atoms with Crippen LogP contribution in [0.1, 0.15) is 37.4 Å². The van der Waals surface area contributed by atoms with Crippen molar-refractivity contribution >= 4 is 6.03 Å². The maximum absolute atomic E-state index is 12.2. The highest BCUT2D eigenvalue weighted by Gasteiger charge is 2.28. The predicted octanol–water partition coefficient (Wildman–Crippen LogP) is 2.32. The van der Waals surface area contributed by atoms with Crippen molar-refractivity contribution in [3.63, 3.8) is 0 Å². The predicted molar refractivity (Wildman–Crippen MR) is 88.1 cm³/mol. The zero-order valence-electron chi connectivity index (χ0n) is 13.5. The molecule has 5 nitrogen and oxygen atoms in total. The van der Waals surface area contributed by atoms with Crippen LogP contribution in [0.25, 0.3) is 0 Å². The lowest BCUT2D eigenvalue weighted by molar-refractivity contribution is 0.0651. The first-order valence-electron chi connectivity index (χ1n) is 8.61. The Morgan fingerprint density at radius 2 is 2.00 bits per heavy atom. The van der Waals surface area contributed by atoms with Crippen molar-refractivity contribution in [1.29, 1.82) is 0 Å². The van der Waals surface area contributed by atoms with Gasteiger partial charge in [-0.15, -0.1) is 0 Å². The van der Waals surface area contributed by atoms with Crippen LogP contribution in [0.4, 0.5) is 4.79 Å². The molecule has 5 heteroatoms. The molecule has 2 amide bonds. The van der Waals surface area contributed by atoms with Gasteiger partial charge in [-0.3, -0.25) is 0 Å². The molecule has 2 N–H and O–H groups in total. The number of amides is 2. The van der Waals surface area contributed by atoms with Gasteiger partial charge in [-0.1, -0.05) is 30.3 Å². The van der Waals surface area contributed by atoms with E-state index in [4.69, 9.17) is 4.74 Å². The standard InChI is InChI=1S/C18H26N2O3/c21-17(14-5-2-1-3-6-14)15-8-10-20(11-9-15)18(22)19-13-16-7-4-12-23-16/h1-3,5-6,15-17,21H,4,7-13H2,(H,19,22). The summed E-state index contributed by atoms with van der Waals surface area (Å²) in [4.78, 5) is 14.0. The molecule has 0 aliphatic carbocycles. The molecule has 2 heterocycles. The van der Waals surface area contributed by atoms with E-state index in [1.807, 2.05) is 35.2 Å². The molecule has 1 aromatic carbocycles. The van der Waals surface area contributed by atoms with Crippen molar-refractivity contribution in [3.05, 3.63) is 35.9 Å². The van der Waals surface area contributed by atoms with E-state index in [1.54, 1.807) is 0 Å². The van der Waals surface area contributed by atoms with Crippen LogP contribution in [0, 0.1) is 5.92 Å². The van der Waals surface area contributed by atoms with E-state index in [0.717, 1.165) is 37.9 Å². The lowest BCUT2D eigenvalue weighted by atomic mass is 9.87. The summed E-state index contributed by atoms with van der Waals surface area (Å²) in [6.45, 7) is 2.81. The molecule has 1 aromatic rings. The average Bonchev–Trinajstić information content (AvgIpc) is 3.13. The fourth-order valence-electron chi connectivity index (χ4n) is 3.46. The number of nitrogens with one attached hydrogen (secondary N) is 1. The van der Waals surface area contributed by atoms with Crippen LogP contribution in [-0.4, -0.2) is 48.4 Å². The van der Waals surface area contributed by atoms with Crippen molar-refractivity contribution in [2.75, 3.05) is 26.2 Å². The number of urea groups is 1. The second-order valence-corrected chi connectivity index (χ2v) is 6.50. The average molecular weight is 318 g/mol. The minimum atomic E-state index is -0.437. The van der Waals surface area contributed by atoms with Crippen LogP contribution in [0.15, 0.2) is 30.3 Å². The third-order valence-corrected chi connectivity index (χ3v) is 4.92. The maximum atomic E-state index is 12.2. The summed E-state index contributed by atoms with van der Waals surface area (Å²) in [6.07, 6.45) is 3.53. The molecule has 2 aliphatic heterocycles. The lowest BCUT2D eigenvalue weighted by Crippen LogP contribution is -2.46. The summed E-state index contributed by atoms with van der Waals surface area (Å²) < 4.78 is 5.52. The van der Waals surface area contributed by atoms with Gasteiger partial charge in [0, 0.05) is 26.2 Å². The number of rotatable bonds is 4. The summed E-state index contributed by atoms with van der Waals surface area (Å²) >= 11 is 0. The van der Waals surface area contributed by atoms with E-state index < -0.39 is 6.10 Å². The number of hydrogen-bond acceptors (Lipinski definition) is 3. The highest BCUT2D eigenvalue weighted by atomic mass is 16.5. The van der Waals surface area contributed by atoms with Crippen molar-refractivity contribution < 1.29 is 14.6 Å². The van der Waals surface area contributed by atoms with Gasteiger partial charge in [0.15, 0.2) is 0 Å². The van der Waals surface area contributed by atoms with Crippen LogP contribution in [0.3, 0.4) is 0 Å². The molecule has 2 aliphatic rings. The molecule has 2 fully saturated rings. The molecule has 2 atom stereocenters. The molecule has 0 aromatic heterocycles. The Hall–Kier alpha value is -1.59. The number of aliphatic hydroxyl groups excluding tert-OH is 1. The molecule has 3 rings (SSSR count). The Balaban J connectivity index is 1.43. The molecule has 126 valence electrons. The minimum Gasteiger partial charge on any atom is -0.388 e. The molecular formula is C18H26N2O3. The number of carbonyl (C=O) groups excluding carboxylic acids is 1. The molecule has 23 heavy (non-hydrogen) atoms. The molecule has 0 saturated carbocycles. The number of aliphatic hydroxyl groups is 1. The molecule has 2 saturated heterocycles. The molecule has 0 radical (unpaired) electrons. The zero-order chi connectivity index (χ0) is 16.1. The first kappa shape index (κ1) is 16.3. The van der Waals surface area contributed by atoms with Gasteiger partial charge in [0.05, 0.1) is 12.2 Å². The van der Waals surface area contributed by atoms with Gasteiger partial charge in [0.1, 0.15) is 0 Å². The molecule has 0 bridgehead atoms. The van der Waals surface area contributed by atoms with Gasteiger partial charge in [0.2, 0.25) is 0 Å². The summed E-state index contributed by atoms with van der Waals surface area (Å²) in [5.74, 6) is 0.222. The number of nitrogens with zero attached hydrogens (tertiary/aromatic N) is 1. The Morgan fingerprint density at radius 1 is 1.26 bits per heavy atom. The third-order valence-electron chi connectivity index (χ3n) is 4.92. The highest BCUT2D eigenvalue weighted by Crippen LogP contribution is 2.30. The topological polar surface area (TPSA) is 61.8 Å². The van der Waals surface area contributed by atoms with Crippen molar-refractivity contribution in [1.82, 2.24) is 10.2 Å². The van der Waals surface area contributed by atoms with Gasteiger partial charge < -0.3 is 20.1 Å². The summed E-state index contributed by atoms with van der Waals surface area (Å²) in [5.41, 5.74) is 0.966. The van der Waals surface area contributed by atoms with Gasteiger partial charge >= 0.3 is 6.03 Å². The second kappa shape index (κ2) is 7.79. The molecule has 0 spiro atoms. The van der Waals surface area contributed by atoms with E-state index >= 15 is 0 Å². The Kier molecular flexibility index (Phi) is 5.51. The highest BCUT2D eigenvalue weighted by molar-refractivity contribution is 5.74. The second-order valence-electron chi connectivity index (χ2n) is 6.50. The zero-order valence-corrected chi connectivity index (χ0v) is 13.5. The largest absolute Gasteiger partial charge is 0.388 e. The van der Waals surface area contributed by atoms with Crippen LogP contribution >= 0.6 is 0 Å². The summed E-state index contributed by atoms with van der Waals surface area (Å²) in [6, 6.07) is 9.78.